The molecule has 132 valence electrons. The molecule has 1 N–H and O–H groups in total. The molecule has 1 aliphatic heterocycles. The number of hydrogen-bond donors (Lipinski definition) is 1. The van der Waals surface area contributed by atoms with E-state index in [1.165, 1.54) is 0 Å². The molecule has 26 heavy (non-hydrogen) atoms. The number of aromatic amines is 1. The van der Waals surface area contributed by atoms with Crippen molar-refractivity contribution in [2.24, 2.45) is 0 Å². The minimum absolute atomic E-state index is 0.000653. The third-order valence-electron chi connectivity index (χ3n) is 4.82. The fourth-order valence-electron chi connectivity index (χ4n) is 3.37. The summed E-state index contributed by atoms with van der Waals surface area (Å²) in [6.07, 6.45) is 5.04. The number of amides is 1. The molecular weight excluding hydrogens is 328 g/mol. The van der Waals surface area contributed by atoms with Gasteiger partial charge in [-0.2, -0.15) is 0 Å². The van der Waals surface area contributed by atoms with Crippen LogP contribution >= 0.6 is 0 Å². The highest BCUT2D eigenvalue weighted by Gasteiger charge is 2.24. The van der Waals surface area contributed by atoms with Gasteiger partial charge in [-0.3, -0.25) is 19.5 Å². The number of nitrogens with one attached hydrogen (secondary N) is 1. The monoisotopic (exact) mass is 348 g/mol. The molecule has 1 saturated heterocycles. The maximum absolute atomic E-state index is 12.7. The maximum Gasteiger partial charge on any atom is 0.255 e. The zero-order valence-electron chi connectivity index (χ0n) is 14.4. The van der Waals surface area contributed by atoms with E-state index in [9.17, 15) is 9.59 Å². The first-order chi connectivity index (χ1) is 12.7. The fraction of sp³-hybridized carbons (Fsp3) is 0.250. The van der Waals surface area contributed by atoms with Crippen LogP contribution < -0.4 is 0 Å². The number of pyridine rings is 1. The second-order valence-electron chi connectivity index (χ2n) is 6.48. The lowest BCUT2D eigenvalue weighted by Gasteiger charge is -2.34. The zero-order chi connectivity index (χ0) is 17.9. The first-order valence-corrected chi connectivity index (χ1v) is 8.73. The molecule has 3 aromatic rings. The van der Waals surface area contributed by atoms with Gasteiger partial charge in [0, 0.05) is 61.2 Å². The SMILES string of the molecule is O=C(CN1CCN(C(=O)c2cccnc2)CC1)c1c[nH]c2ccccc12. The molecule has 0 unspecified atom stereocenters. The summed E-state index contributed by atoms with van der Waals surface area (Å²) >= 11 is 0. The van der Waals surface area contributed by atoms with E-state index in [4.69, 9.17) is 0 Å². The summed E-state index contributed by atoms with van der Waals surface area (Å²) in [5, 5.41) is 0.961. The number of nitrogens with zero attached hydrogens (tertiary/aromatic N) is 3. The number of Topliss-reactive ketones (excluding diaryl/α,β-unsaturated/α-hetero) is 1. The van der Waals surface area contributed by atoms with Crippen molar-refractivity contribution in [1.29, 1.82) is 0 Å². The van der Waals surface area contributed by atoms with Gasteiger partial charge in [0.2, 0.25) is 0 Å². The molecule has 4 rings (SSSR count). The van der Waals surface area contributed by atoms with E-state index < -0.39 is 0 Å². The highest BCUT2D eigenvalue weighted by Crippen LogP contribution is 2.19. The number of carbonyl (C=O) groups excluding carboxylic acids is 2. The van der Waals surface area contributed by atoms with E-state index in [0.717, 1.165) is 16.5 Å². The van der Waals surface area contributed by atoms with E-state index >= 15 is 0 Å². The standard InChI is InChI=1S/C20H20N4O2/c25-19(17-13-22-18-6-2-1-5-16(17)18)14-23-8-10-24(11-9-23)20(26)15-4-3-7-21-12-15/h1-7,12-13,22H,8-11,14H2. The Hall–Kier alpha value is -2.99. The second kappa shape index (κ2) is 7.09. The van der Waals surface area contributed by atoms with E-state index in [1.54, 1.807) is 30.7 Å². The molecule has 0 spiro atoms. The highest BCUT2D eigenvalue weighted by molar-refractivity contribution is 6.08. The van der Waals surface area contributed by atoms with Crippen molar-refractivity contribution in [2.45, 2.75) is 0 Å². The summed E-state index contributed by atoms with van der Waals surface area (Å²) < 4.78 is 0. The summed E-state index contributed by atoms with van der Waals surface area (Å²) in [6, 6.07) is 11.4. The van der Waals surface area contributed by atoms with Crippen LogP contribution in [0.5, 0.6) is 0 Å². The van der Waals surface area contributed by atoms with Crippen molar-refractivity contribution >= 4 is 22.6 Å². The number of rotatable bonds is 4. The lowest BCUT2D eigenvalue weighted by atomic mass is 10.1. The Bertz CT molecular complexity index is 927. The molecule has 0 saturated carbocycles. The third kappa shape index (κ3) is 3.23. The van der Waals surface area contributed by atoms with Crippen LogP contribution in [0.4, 0.5) is 0 Å². The molecule has 0 atom stereocenters. The number of benzene rings is 1. The van der Waals surface area contributed by atoms with Gasteiger partial charge in [0.15, 0.2) is 5.78 Å². The number of ketones is 1. The fourth-order valence-corrected chi connectivity index (χ4v) is 3.37. The molecule has 0 bridgehead atoms. The molecule has 6 heteroatoms. The van der Waals surface area contributed by atoms with E-state index in [1.807, 2.05) is 29.2 Å². The summed E-state index contributed by atoms with van der Waals surface area (Å²) in [5.74, 6) is 0.107. The van der Waals surface area contributed by atoms with Gasteiger partial charge in [0.05, 0.1) is 12.1 Å². The van der Waals surface area contributed by atoms with Crippen LogP contribution in [-0.2, 0) is 0 Å². The Morgan fingerprint density at radius 1 is 1.04 bits per heavy atom. The number of piperazine rings is 1. The average molecular weight is 348 g/mol. The van der Waals surface area contributed by atoms with Crippen molar-refractivity contribution in [1.82, 2.24) is 19.8 Å². The topological polar surface area (TPSA) is 69.3 Å². The van der Waals surface area contributed by atoms with Gasteiger partial charge in [-0.15, -0.1) is 0 Å². The molecule has 0 radical (unpaired) electrons. The van der Waals surface area contributed by atoms with E-state index in [-0.39, 0.29) is 11.7 Å². The van der Waals surface area contributed by atoms with Crippen LogP contribution in [0.15, 0.2) is 55.0 Å². The first-order valence-electron chi connectivity index (χ1n) is 8.73. The van der Waals surface area contributed by atoms with E-state index in [0.29, 0.717) is 38.3 Å². The zero-order valence-corrected chi connectivity index (χ0v) is 14.4. The Balaban J connectivity index is 1.36. The predicted molar refractivity (Wildman–Crippen MR) is 99.2 cm³/mol. The van der Waals surface area contributed by atoms with Crippen LogP contribution in [0.2, 0.25) is 0 Å². The van der Waals surface area contributed by atoms with Crippen LogP contribution in [0, 0.1) is 0 Å². The molecule has 2 aromatic heterocycles. The molecule has 1 amide bonds. The largest absolute Gasteiger partial charge is 0.360 e. The van der Waals surface area contributed by atoms with Crippen LogP contribution in [0.1, 0.15) is 20.7 Å². The average Bonchev–Trinajstić information content (AvgIpc) is 3.13. The van der Waals surface area contributed by atoms with Gasteiger partial charge in [-0.05, 0) is 18.2 Å². The van der Waals surface area contributed by atoms with Crippen LogP contribution in [0.25, 0.3) is 10.9 Å². The predicted octanol–water partition coefficient (Wildman–Crippen LogP) is 2.20. The molecule has 3 heterocycles. The van der Waals surface area contributed by atoms with Crippen molar-refractivity contribution in [3.63, 3.8) is 0 Å². The van der Waals surface area contributed by atoms with E-state index in [2.05, 4.69) is 14.9 Å². The summed E-state index contributed by atoms with van der Waals surface area (Å²) in [5.41, 5.74) is 2.31. The Morgan fingerprint density at radius 3 is 2.62 bits per heavy atom. The van der Waals surface area contributed by atoms with Gasteiger partial charge in [-0.1, -0.05) is 18.2 Å². The van der Waals surface area contributed by atoms with Crippen LogP contribution in [0.3, 0.4) is 0 Å². The minimum atomic E-state index is 0.000653. The van der Waals surface area contributed by atoms with Crippen molar-refractivity contribution in [3.8, 4) is 0 Å². The lowest BCUT2D eigenvalue weighted by molar-refractivity contribution is 0.0624. The summed E-state index contributed by atoms with van der Waals surface area (Å²) in [4.78, 5) is 36.2. The van der Waals surface area contributed by atoms with Crippen molar-refractivity contribution in [2.75, 3.05) is 32.7 Å². The van der Waals surface area contributed by atoms with Gasteiger partial charge in [0.25, 0.3) is 5.91 Å². The Kier molecular flexibility index (Phi) is 4.50. The van der Waals surface area contributed by atoms with Crippen molar-refractivity contribution in [3.05, 3.63) is 66.1 Å². The highest BCUT2D eigenvalue weighted by atomic mass is 16.2. The number of H-pyrrole nitrogens is 1. The van der Waals surface area contributed by atoms with Gasteiger partial charge in [0.1, 0.15) is 0 Å². The number of para-hydroxylation sites is 1. The summed E-state index contributed by atoms with van der Waals surface area (Å²) in [7, 11) is 0. The van der Waals surface area contributed by atoms with Crippen LogP contribution in [-0.4, -0.2) is 64.2 Å². The lowest BCUT2D eigenvalue weighted by Crippen LogP contribution is -2.49. The molecule has 0 aliphatic carbocycles. The van der Waals surface area contributed by atoms with Crippen molar-refractivity contribution < 1.29 is 9.59 Å². The number of carbonyl (C=O) groups is 2. The van der Waals surface area contributed by atoms with Gasteiger partial charge >= 0.3 is 0 Å². The molecule has 6 nitrogen and oxygen atoms in total. The normalized spacial score (nSPS) is 15.3. The smallest absolute Gasteiger partial charge is 0.255 e. The van der Waals surface area contributed by atoms with Gasteiger partial charge < -0.3 is 9.88 Å². The molecular formula is C20H20N4O2. The van der Waals surface area contributed by atoms with Gasteiger partial charge in [-0.25, -0.2) is 0 Å². The molecule has 1 fully saturated rings. The molecule has 1 aliphatic rings. The minimum Gasteiger partial charge on any atom is -0.360 e. The second-order valence-corrected chi connectivity index (χ2v) is 6.48. The Morgan fingerprint density at radius 2 is 1.85 bits per heavy atom. The summed E-state index contributed by atoms with van der Waals surface area (Å²) in [6.45, 7) is 3.00. The first kappa shape index (κ1) is 16.5. The quantitative estimate of drug-likeness (QED) is 0.734. The third-order valence-corrected chi connectivity index (χ3v) is 4.82. The maximum atomic E-state index is 12.7. The number of hydrogen-bond acceptors (Lipinski definition) is 4. The number of fused-ring (bicyclic) bond motifs is 1. The number of aromatic nitrogens is 2. The molecule has 1 aromatic carbocycles. The Labute approximate surface area is 151 Å².